The zero-order valence-electron chi connectivity index (χ0n) is 10.8. The molecule has 0 fully saturated rings. The molecule has 2 atom stereocenters. The van der Waals surface area contributed by atoms with Crippen LogP contribution in [0.3, 0.4) is 0 Å². The molecule has 0 radical (unpaired) electrons. The number of rotatable bonds is 5. The fourth-order valence-electron chi connectivity index (χ4n) is 2.27. The third kappa shape index (κ3) is 2.99. The molecule has 0 saturated carbocycles. The Bertz CT molecular complexity index is 425. The second-order valence-corrected chi connectivity index (χ2v) is 4.67. The number of benzene rings is 1. The first-order valence-electron chi connectivity index (χ1n) is 6.37. The van der Waals surface area contributed by atoms with Crippen molar-refractivity contribution < 1.29 is 5.11 Å². The molecule has 2 rings (SSSR count). The van der Waals surface area contributed by atoms with Gasteiger partial charge in [-0.25, -0.2) is 0 Å². The molecule has 1 aliphatic heterocycles. The molecule has 1 N–H and O–H groups in total. The maximum Gasteiger partial charge on any atom is 0.125 e. The number of aliphatic hydroxyl groups is 1. The van der Waals surface area contributed by atoms with Crippen LogP contribution in [0.2, 0.25) is 0 Å². The fraction of sp³-hybridized carbons (Fsp3) is 0.400. The predicted octanol–water partition coefficient (Wildman–Crippen LogP) is 2.23. The highest BCUT2D eigenvalue weighted by Crippen LogP contribution is 2.17. The summed E-state index contributed by atoms with van der Waals surface area (Å²) in [7, 11) is 0. The number of nitrogens with zero attached hydrogens (tertiary/aromatic N) is 2. The van der Waals surface area contributed by atoms with Gasteiger partial charge in [-0.1, -0.05) is 36.4 Å². The summed E-state index contributed by atoms with van der Waals surface area (Å²) in [4.78, 5) is 6.66. The van der Waals surface area contributed by atoms with Crippen molar-refractivity contribution in [2.45, 2.75) is 32.0 Å². The predicted molar refractivity (Wildman–Crippen MR) is 74.6 cm³/mol. The Kier molecular flexibility index (Phi) is 4.15. The zero-order chi connectivity index (χ0) is 13.0. The van der Waals surface area contributed by atoms with Crippen LogP contribution in [-0.2, 0) is 6.42 Å². The molecule has 18 heavy (non-hydrogen) atoms. The average Bonchev–Trinajstić information content (AvgIpc) is 2.74. The molecular weight excluding hydrogens is 224 g/mol. The van der Waals surface area contributed by atoms with Crippen LogP contribution in [0.15, 0.2) is 48.0 Å². The number of aliphatic hydroxyl groups excluding tert-OH is 1. The average molecular weight is 244 g/mol. The second-order valence-electron chi connectivity index (χ2n) is 4.67. The van der Waals surface area contributed by atoms with Crippen LogP contribution in [0.4, 0.5) is 0 Å². The van der Waals surface area contributed by atoms with E-state index in [9.17, 15) is 5.11 Å². The van der Waals surface area contributed by atoms with Gasteiger partial charge in [0.15, 0.2) is 0 Å². The molecule has 0 aromatic heterocycles. The van der Waals surface area contributed by atoms with E-state index in [0.717, 1.165) is 25.2 Å². The van der Waals surface area contributed by atoms with Gasteiger partial charge >= 0.3 is 0 Å². The number of amidine groups is 1. The maximum atomic E-state index is 9.81. The van der Waals surface area contributed by atoms with Crippen molar-refractivity contribution in [3.05, 3.63) is 48.6 Å². The van der Waals surface area contributed by atoms with Crippen LogP contribution in [0, 0.1) is 0 Å². The Morgan fingerprint density at radius 2 is 2.22 bits per heavy atom. The molecule has 96 valence electrons. The number of hydrogen-bond acceptors (Lipinski definition) is 3. The summed E-state index contributed by atoms with van der Waals surface area (Å²) in [5.74, 6) is 0.975. The van der Waals surface area contributed by atoms with E-state index >= 15 is 0 Å². The van der Waals surface area contributed by atoms with Gasteiger partial charge < -0.3 is 10.0 Å². The summed E-state index contributed by atoms with van der Waals surface area (Å²) < 4.78 is 0. The highest BCUT2D eigenvalue weighted by molar-refractivity contribution is 5.86. The molecule has 0 saturated heterocycles. The SMILES string of the molecule is C=CCC1CN(C(C)O)C(Cc2ccccc2)=N1. The van der Waals surface area contributed by atoms with Crippen molar-refractivity contribution in [1.29, 1.82) is 0 Å². The van der Waals surface area contributed by atoms with Crippen LogP contribution in [0.5, 0.6) is 0 Å². The first kappa shape index (κ1) is 12.8. The maximum absolute atomic E-state index is 9.81. The molecule has 1 aromatic rings. The van der Waals surface area contributed by atoms with Crippen LogP contribution in [0.1, 0.15) is 18.9 Å². The van der Waals surface area contributed by atoms with Gasteiger partial charge in [-0.3, -0.25) is 4.99 Å². The largest absolute Gasteiger partial charge is 0.374 e. The van der Waals surface area contributed by atoms with E-state index in [1.165, 1.54) is 5.56 Å². The van der Waals surface area contributed by atoms with E-state index < -0.39 is 6.23 Å². The van der Waals surface area contributed by atoms with E-state index in [2.05, 4.69) is 23.7 Å². The van der Waals surface area contributed by atoms with Crippen molar-refractivity contribution >= 4 is 5.84 Å². The third-order valence-electron chi connectivity index (χ3n) is 3.17. The Labute approximate surface area is 108 Å². The van der Waals surface area contributed by atoms with Crippen molar-refractivity contribution in [2.24, 2.45) is 4.99 Å². The van der Waals surface area contributed by atoms with Crippen LogP contribution in [-0.4, -0.2) is 34.7 Å². The quantitative estimate of drug-likeness (QED) is 0.806. The molecular formula is C15H20N2O. The van der Waals surface area contributed by atoms with Crippen molar-refractivity contribution in [1.82, 2.24) is 4.90 Å². The molecule has 1 aliphatic rings. The van der Waals surface area contributed by atoms with E-state index in [1.807, 2.05) is 29.2 Å². The third-order valence-corrected chi connectivity index (χ3v) is 3.17. The van der Waals surface area contributed by atoms with E-state index in [4.69, 9.17) is 0 Å². The summed E-state index contributed by atoms with van der Waals surface area (Å²) in [6.45, 7) is 6.32. The molecule has 0 spiro atoms. The Morgan fingerprint density at radius 3 is 2.83 bits per heavy atom. The Balaban J connectivity index is 2.12. The van der Waals surface area contributed by atoms with Gasteiger partial charge in [0.1, 0.15) is 12.1 Å². The lowest BCUT2D eigenvalue weighted by Crippen LogP contribution is -2.38. The van der Waals surface area contributed by atoms with Crippen LogP contribution >= 0.6 is 0 Å². The lowest BCUT2D eigenvalue weighted by Gasteiger charge is -2.24. The lowest BCUT2D eigenvalue weighted by atomic mass is 10.1. The highest BCUT2D eigenvalue weighted by Gasteiger charge is 2.26. The minimum Gasteiger partial charge on any atom is -0.374 e. The Hall–Kier alpha value is -1.61. The minimum absolute atomic E-state index is 0.232. The number of aliphatic imine (C=N–C) groups is 1. The molecule has 0 aliphatic carbocycles. The molecule has 3 nitrogen and oxygen atoms in total. The second kappa shape index (κ2) is 5.83. The highest BCUT2D eigenvalue weighted by atomic mass is 16.3. The van der Waals surface area contributed by atoms with E-state index in [-0.39, 0.29) is 6.04 Å². The van der Waals surface area contributed by atoms with Crippen LogP contribution in [0.25, 0.3) is 0 Å². The van der Waals surface area contributed by atoms with E-state index in [0.29, 0.717) is 0 Å². The number of hydrogen-bond donors (Lipinski definition) is 1. The molecule has 1 aromatic carbocycles. The zero-order valence-corrected chi connectivity index (χ0v) is 10.8. The van der Waals surface area contributed by atoms with Crippen LogP contribution < -0.4 is 0 Å². The molecule has 2 unspecified atom stereocenters. The standard InChI is InChI=1S/C15H20N2O/c1-3-7-14-11-17(12(2)18)15(16-14)10-13-8-5-4-6-9-13/h3-6,8-9,12,14,18H,1,7,10-11H2,2H3. The van der Waals surface area contributed by atoms with Gasteiger partial charge in [0.2, 0.25) is 0 Å². The fourth-order valence-corrected chi connectivity index (χ4v) is 2.27. The smallest absolute Gasteiger partial charge is 0.125 e. The Morgan fingerprint density at radius 1 is 1.50 bits per heavy atom. The summed E-state index contributed by atoms with van der Waals surface area (Å²) in [5, 5.41) is 9.81. The summed E-state index contributed by atoms with van der Waals surface area (Å²) in [6, 6.07) is 10.5. The van der Waals surface area contributed by atoms with Gasteiger partial charge in [0.05, 0.1) is 6.04 Å². The van der Waals surface area contributed by atoms with Gasteiger partial charge in [-0.05, 0) is 18.9 Å². The molecule has 0 amide bonds. The van der Waals surface area contributed by atoms with Gasteiger partial charge in [0, 0.05) is 13.0 Å². The monoisotopic (exact) mass is 244 g/mol. The molecule has 1 heterocycles. The van der Waals surface area contributed by atoms with Crippen molar-refractivity contribution in [3.8, 4) is 0 Å². The molecule has 0 bridgehead atoms. The van der Waals surface area contributed by atoms with Crippen molar-refractivity contribution in [2.75, 3.05) is 6.54 Å². The summed E-state index contributed by atoms with van der Waals surface area (Å²) in [5.41, 5.74) is 1.22. The minimum atomic E-state index is -0.484. The topological polar surface area (TPSA) is 35.8 Å². The summed E-state index contributed by atoms with van der Waals surface area (Å²) in [6.07, 6.45) is 3.04. The van der Waals surface area contributed by atoms with E-state index in [1.54, 1.807) is 6.92 Å². The molecule has 3 heteroatoms. The first-order chi connectivity index (χ1) is 8.70. The van der Waals surface area contributed by atoms with Gasteiger partial charge in [-0.2, -0.15) is 0 Å². The summed E-state index contributed by atoms with van der Waals surface area (Å²) >= 11 is 0. The van der Waals surface area contributed by atoms with Gasteiger partial charge in [0.25, 0.3) is 0 Å². The normalized spacial score (nSPS) is 20.7. The first-order valence-corrected chi connectivity index (χ1v) is 6.37. The van der Waals surface area contributed by atoms with Crippen molar-refractivity contribution in [3.63, 3.8) is 0 Å². The lowest BCUT2D eigenvalue weighted by molar-refractivity contribution is 0.0734. The van der Waals surface area contributed by atoms with Gasteiger partial charge in [-0.15, -0.1) is 6.58 Å².